The zero-order valence-electron chi connectivity index (χ0n) is 10.5. The molecule has 0 bridgehead atoms. The van der Waals surface area contributed by atoms with Crippen LogP contribution in [0.5, 0.6) is 0 Å². The Morgan fingerprint density at radius 2 is 1.29 bits per heavy atom. The van der Waals surface area contributed by atoms with Crippen molar-refractivity contribution in [1.29, 1.82) is 0 Å². The van der Waals surface area contributed by atoms with E-state index in [1.165, 1.54) is 20.9 Å². The van der Waals surface area contributed by atoms with Crippen molar-refractivity contribution in [2.45, 2.75) is 24.3 Å². The zero-order chi connectivity index (χ0) is 13.6. The van der Waals surface area contributed by atoms with Crippen molar-refractivity contribution < 1.29 is 23.6 Å². The van der Waals surface area contributed by atoms with E-state index >= 15 is 0 Å². The minimum atomic E-state index is -2.71. The second-order valence-corrected chi connectivity index (χ2v) is 12.8. The van der Waals surface area contributed by atoms with Gasteiger partial charge in [-0.1, -0.05) is 22.8 Å². The molecule has 0 aromatic rings. The van der Waals surface area contributed by atoms with Gasteiger partial charge in [0, 0.05) is 6.66 Å². The molecule has 0 aliphatic heterocycles. The van der Waals surface area contributed by atoms with Crippen LogP contribution in [0.1, 0.15) is 13.8 Å². The summed E-state index contributed by atoms with van der Waals surface area (Å²) in [5.41, 5.74) is -2.71. The molecule has 0 aliphatic carbocycles. The molecule has 0 aromatic heterocycles. The van der Waals surface area contributed by atoms with Gasteiger partial charge in [0.2, 0.25) is 0 Å². The van der Waals surface area contributed by atoms with E-state index in [9.17, 15) is 14.2 Å². The largest absolute Gasteiger partial charge is 0.468 e. The van der Waals surface area contributed by atoms with E-state index in [-0.39, 0.29) is 0 Å². The van der Waals surface area contributed by atoms with Crippen molar-refractivity contribution in [3.63, 3.8) is 0 Å². The molecule has 0 fully saturated rings. The minimum absolute atomic E-state index is 0.427. The number of ether oxygens (including phenoxy) is 2. The van der Waals surface area contributed by atoms with E-state index in [1.807, 2.05) is 0 Å². The van der Waals surface area contributed by atoms with Gasteiger partial charge in [0.05, 0.1) is 14.2 Å². The summed E-state index contributed by atoms with van der Waals surface area (Å²) in [5, 5.41) is -1.04. The molecule has 2 atom stereocenters. The summed E-state index contributed by atoms with van der Waals surface area (Å²) in [6, 6.07) is 0. The van der Waals surface area contributed by atoms with E-state index < -0.39 is 28.0 Å². The smallest absolute Gasteiger partial charge is 0.318 e. The number of carbonyl (C=O) groups is 2. The molecule has 0 spiro atoms. The summed E-state index contributed by atoms with van der Waals surface area (Å²) in [6.45, 7) is 4.77. The van der Waals surface area contributed by atoms with Gasteiger partial charge in [0.1, 0.15) is 10.5 Å². The molecule has 0 rings (SSSR count). The van der Waals surface area contributed by atoms with E-state index in [0.717, 1.165) is 22.8 Å². The first kappa shape index (κ1) is 16.9. The van der Waals surface area contributed by atoms with Crippen molar-refractivity contribution in [1.82, 2.24) is 0 Å². The normalized spacial score (nSPS) is 17.7. The van der Waals surface area contributed by atoms with E-state index in [4.69, 9.17) is 0 Å². The van der Waals surface area contributed by atoms with Crippen molar-refractivity contribution in [3.8, 4) is 0 Å². The summed E-state index contributed by atoms with van der Waals surface area (Å²) in [4.78, 5) is 22.4. The fourth-order valence-corrected chi connectivity index (χ4v) is 9.46. The lowest BCUT2D eigenvalue weighted by molar-refractivity contribution is -0.140. The van der Waals surface area contributed by atoms with Crippen LogP contribution in [0.15, 0.2) is 0 Å². The third kappa shape index (κ3) is 6.38. The topological polar surface area (TPSA) is 69.7 Å². The summed E-state index contributed by atoms with van der Waals surface area (Å²) in [7, 11) is 2.56. The van der Waals surface area contributed by atoms with Gasteiger partial charge in [-0.3, -0.25) is 9.59 Å². The van der Waals surface area contributed by atoms with Gasteiger partial charge in [-0.2, -0.15) is 0 Å². The first-order chi connectivity index (χ1) is 7.73. The molecule has 0 aromatic carbocycles. The van der Waals surface area contributed by atoms with Crippen LogP contribution < -0.4 is 0 Å². The molecule has 0 amide bonds. The third-order valence-corrected chi connectivity index (χ3v) is 9.29. The van der Waals surface area contributed by atoms with Crippen LogP contribution in [0.4, 0.5) is 0 Å². The molecule has 8 heteroatoms. The lowest BCUT2D eigenvalue weighted by Crippen LogP contribution is -2.16. The van der Waals surface area contributed by atoms with Gasteiger partial charge in [-0.05, 0) is 13.8 Å². The van der Waals surface area contributed by atoms with Crippen molar-refractivity contribution in [2.24, 2.45) is 0 Å². The highest BCUT2D eigenvalue weighted by molar-refractivity contribution is 8.90. The first-order valence-electron chi connectivity index (χ1n) is 4.83. The van der Waals surface area contributed by atoms with Crippen LogP contribution in [0, 0.1) is 0 Å². The monoisotopic (exact) mass is 300 g/mol. The Hall–Kier alpha value is -0.130. The van der Waals surface area contributed by atoms with Crippen LogP contribution in [-0.4, -0.2) is 43.3 Å². The predicted molar refractivity (Wildman–Crippen MR) is 71.7 cm³/mol. The average molecular weight is 300 g/mol. The summed E-state index contributed by atoms with van der Waals surface area (Å²) in [5.74, 6) is -0.855. The molecule has 0 saturated carbocycles. The van der Waals surface area contributed by atoms with E-state index in [2.05, 4.69) is 9.47 Å². The third-order valence-electron chi connectivity index (χ3n) is 1.77. The number of rotatable bonds is 6. The SMILES string of the molecule is COC(=O)C(C)SP(C)(=O)SC(C)C(=O)OC. The number of hydrogen-bond acceptors (Lipinski definition) is 7. The highest BCUT2D eigenvalue weighted by Gasteiger charge is 2.30. The van der Waals surface area contributed by atoms with Crippen molar-refractivity contribution in [3.05, 3.63) is 0 Å². The maximum atomic E-state index is 12.2. The van der Waals surface area contributed by atoms with Gasteiger partial charge in [-0.15, -0.1) is 0 Å². The summed E-state index contributed by atoms with van der Waals surface area (Å²) >= 11 is 2.05. The number of methoxy groups -OCH3 is 2. The molecule has 5 nitrogen and oxygen atoms in total. The lowest BCUT2D eigenvalue weighted by Gasteiger charge is -2.18. The molecular formula is C9H17O5PS2. The van der Waals surface area contributed by atoms with E-state index in [0.29, 0.717) is 0 Å². The summed E-state index contributed by atoms with van der Waals surface area (Å²) < 4.78 is 21.3. The quantitative estimate of drug-likeness (QED) is 0.551. The fourth-order valence-electron chi connectivity index (χ4n) is 1.02. The number of carbonyl (C=O) groups excluding carboxylic acids is 2. The van der Waals surface area contributed by atoms with Gasteiger partial charge in [-0.25, -0.2) is 0 Å². The van der Waals surface area contributed by atoms with Gasteiger partial charge in [0.15, 0.2) is 5.55 Å². The molecule has 0 heterocycles. The molecular weight excluding hydrogens is 283 g/mol. The second-order valence-electron chi connectivity index (χ2n) is 3.31. The number of esters is 2. The predicted octanol–water partition coefficient (Wildman–Crippen LogP) is 2.40. The number of hydrogen-bond donors (Lipinski definition) is 0. The zero-order valence-corrected chi connectivity index (χ0v) is 13.0. The van der Waals surface area contributed by atoms with Crippen LogP contribution in [-0.2, 0) is 23.6 Å². The Bertz CT molecular complexity index is 305. The summed E-state index contributed by atoms with van der Waals surface area (Å²) in [6.07, 6.45) is 0. The lowest BCUT2D eigenvalue weighted by atomic mass is 10.5. The van der Waals surface area contributed by atoms with Crippen molar-refractivity contribution in [2.75, 3.05) is 20.9 Å². The fraction of sp³-hybridized carbons (Fsp3) is 0.778. The van der Waals surface area contributed by atoms with Crippen LogP contribution in [0.3, 0.4) is 0 Å². The van der Waals surface area contributed by atoms with Crippen LogP contribution in [0.25, 0.3) is 0 Å². The second kappa shape index (κ2) is 7.34. The molecule has 2 unspecified atom stereocenters. The van der Waals surface area contributed by atoms with Crippen LogP contribution >= 0.6 is 28.3 Å². The Morgan fingerprint density at radius 3 is 1.53 bits per heavy atom. The molecule has 100 valence electrons. The molecule has 0 aliphatic rings. The highest BCUT2D eigenvalue weighted by atomic mass is 33.1. The minimum Gasteiger partial charge on any atom is -0.468 e. The van der Waals surface area contributed by atoms with Gasteiger partial charge in [0.25, 0.3) is 0 Å². The highest BCUT2D eigenvalue weighted by Crippen LogP contribution is 2.68. The van der Waals surface area contributed by atoms with E-state index in [1.54, 1.807) is 13.8 Å². The Kier molecular flexibility index (Phi) is 7.28. The maximum Gasteiger partial charge on any atom is 0.318 e. The maximum absolute atomic E-state index is 12.2. The van der Waals surface area contributed by atoms with Crippen LogP contribution in [0.2, 0.25) is 0 Å². The van der Waals surface area contributed by atoms with Gasteiger partial charge >= 0.3 is 11.9 Å². The molecule has 17 heavy (non-hydrogen) atoms. The Balaban J connectivity index is 4.44. The Labute approximate surface area is 109 Å². The Morgan fingerprint density at radius 1 is 1.00 bits per heavy atom. The molecule has 0 radical (unpaired) electrons. The standard InChI is InChI=1S/C9H17O5PS2/c1-6(8(10)13-3)16-15(5,12)17-7(2)9(11)14-4/h6-7H,1-5H3. The molecule has 0 saturated heterocycles. The van der Waals surface area contributed by atoms with Gasteiger partial charge < -0.3 is 14.0 Å². The van der Waals surface area contributed by atoms with Crippen molar-refractivity contribution >= 4 is 40.2 Å². The average Bonchev–Trinajstić information content (AvgIpc) is 2.25. The molecule has 0 N–H and O–H groups in total. The first-order valence-corrected chi connectivity index (χ1v) is 9.95.